The molecule has 1 aromatic rings. The van der Waals surface area contributed by atoms with Crippen LogP contribution in [-0.2, 0) is 0 Å². The van der Waals surface area contributed by atoms with Crippen LogP contribution in [-0.4, -0.2) is 17.8 Å². The van der Waals surface area contributed by atoms with Gasteiger partial charge in [0, 0.05) is 0 Å². The minimum absolute atomic E-state index is 0.371. The highest BCUT2D eigenvalue weighted by Gasteiger charge is 2.12. The van der Waals surface area contributed by atoms with Crippen molar-refractivity contribution in [3.63, 3.8) is 0 Å². The normalized spacial score (nSPS) is 14.6. The molecule has 0 radical (unpaired) electrons. The molecule has 0 aliphatic rings. The zero-order chi connectivity index (χ0) is 12.7. The number of hydrogen-bond acceptors (Lipinski definition) is 2. The van der Waals surface area contributed by atoms with Crippen LogP contribution in [0.4, 0.5) is 0 Å². The maximum atomic E-state index is 9.87. The summed E-state index contributed by atoms with van der Waals surface area (Å²) in [5.41, 5.74) is 0. The summed E-state index contributed by atoms with van der Waals surface area (Å²) in [4.78, 5) is 0. The second-order valence-corrected chi connectivity index (χ2v) is 5.25. The Hall–Kier alpha value is -1.02. The Bertz CT molecular complexity index is 295. The van der Waals surface area contributed by atoms with Crippen molar-refractivity contribution in [1.82, 2.24) is 0 Å². The zero-order valence-corrected chi connectivity index (χ0v) is 11.1. The lowest BCUT2D eigenvalue weighted by Crippen LogP contribution is -2.21. The van der Waals surface area contributed by atoms with E-state index in [2.05, 4.69) is 20.8 Å². The summed E-state index contributed by atoms with van der Waals surface area (Å²) < 4.78 is 5.52. The third kappa shape index (κ3) is 6.32. The molecule has 2 heteroatoms. The Morgan fingerprint density at radius 1 is 1.06 bits per heavy atom. The predicted octanol–water partition coefficient (Wildman–Crippen LogP) is 3.50. The van der Waals surface area contributed by atoms with Crippen molar-refractivity contribution < 1.29 is 9.84 Å². The number of ether oxygens (including phenoxy) is 1. The van der Waals surface area contributed by atoms with Crippen molar-refractivity contribution >= 4 is 0 Å². The Morgan fingerprint density at radius 2 is 1.71 bits per heavy atom. The van der Waals surface area contributed by atoms with Gasteiger partial charge in [-0.05, 0) is 36.8 Å². The van der Waals surface area contributed by atoms with E-state index < -0.39 is 0 Å². The molecule has 1 N–H and O–H groups in total. The fraction of sp³-hybridized carbons (Fsp3) is 0.600. The molecule has 0 fully saturated rings. The molecule has 96 valence electrons. The topological polar surface area (TPSA) is 29.5 Å². The first-order valence-corrected chi connectivity index (χ1v) is 6.43. The van der Waals surface area contributed by atoms with E-state index in [0.717, 1.165) is 18.6 Å². The summed E-state index contributed by atoms with van der Waals surface area (Å²) in [5.74, 6) is 2.06. The molecule has 0 saturated carbocycles. The SMILES string of the molecule is CC(C)CC(C)CC(O)COc1ccccc1. The Balaban J connectivity index is 2.23. The number of benzene rings is 1. The van der Waals surface area contributed by atoms with Crippen molar-refractivity contribution in [1.29, 1.82) is 0 Å². The molecule has 0 bridgehead atoms. The van der Waals surface area contributed by atoms with Gasteiger partial charge in [-0.2, -0.15) is 0 Å². The van der Waals surface area contributed by atoms with Gasteiger partial charge in [-0.25, -0.2) is 0 Å². The van der Waals surface area contributed by atoms with E-state index in [9.17, 15) is 5.11 Å². The Labute approximate surface area is 105 Å². The third-order valence-electron chi connectivity index (χ3n) is 2.73. The van der Waals surface area contributed by atoms with Crippen LogP contribution in [0.5, 0.6) is 5.75 Å². The monoisotopic (exact) mass is 236 g/mol. The van der Waals surface area contributed by atoms with E-state index in [1.54, 1.807) is 0 Å². The lowest BCUT2D eigenvalue weighted by Gasteiger charge is -2.18. The standard InChI is InChI=1S/C15H24O2/c1-12(2)9-13(3)10-14(16)11-17-15-7-5-4-6-8-15/h4-8,12-14,16H,9-11H2,1-3H3. The van der Waals surface area contributed by atoms with E-state index in [0.29, 0.717) is 18.4 Å². The average Bonchev–Trinajstić information content (AvgIpc) is 2.26. The van der Waals surface area contributed by atoms with Crippen LogP contribution < -0.4 is 4.74 Å². The summed E-state index contributed by atoms with van der Waals surface area (Å²) >= 11 is 0. The minimum atomic E-state index is -0.371. The summed E-state index contributed by atoms with van der Waals surface area (Å²) in [6.45, 7) is 6.99. The number of aliphatic hydroxyl groups is 1. The van der Waals surface area contributed by atoms with Crippen molar-refractivity contribution in [3.05, 3.63) is 30.3 Å². The maximum Gasteiger partial charge on any atom is 0.119 e. The number of rotatable bonds is 7. The number of para-hydroxylation sites is 1. The van der Waals surface area contributed by atoms with Gasteiger partial charge in [-0.3, -0.25) is 0 Å². The van der Waals surface area contributed by atoms with E-state index in [-0.39, 0.29) is 6.10 Å². The highest BCUT2D eigenvalue weighted by atomic mass is 16.5. The molecular formula is C15H24O2. The molecule has 1 aromatic carbocycles. The van der Waals surface area contributed by atoms with Crippen LogP contribution >= 0.6 is 0 Å². The second kappa shape index (κ2) is 7.33. The molecule has 0 saturated heterocycles. The highest BCUT2D eigenvalue weighted by Crippen LogP contribution is 2.17. The molecule has 2 unspecified atom stereocenters. The van der Waals surface area contributed by atoms with Crippen molar-refractivity contribution in [2.75, 3.05) is 6.61 Å². The average molecular weight is 236 g/mol. The first-order valence-electron chi connectivity index (χ1n) is 6.43. The molecule has 2 atom stereocenters. The first-order chi connectivity index (χ1) is 8.08. The second-order valence-electron chi connectivity index (χ2n) is 5.25. The van der Waals surface area contributed by atoms with Gasteiger partial charge >= 0.3 is 0 Å². The molecular weight excluding hydrogens is 212 g/mol. The van der Waals surface area contributed by atoms with E-state index >= 15 is 0 Å². The van der Waals surface area contributed by atoms with Gasteiger partial charge in [0.2, 0.25) is 0 Å². The van der Waals surface area contributed by atoms with Crippen LogP contribution in [0.25, 0.3) is 0 Å². The largest absolute Gasteiger partial charge is 0.491 e. The number of hydrogen-bond donors (Lipinski definition) is 1. The summed E-state index contributed by atoms with van der Waals surface area (Å²) in [6, 6.07) is 9.63. The summed E-state index contributed by atoms with van der Waals surface area (Å²) in [7, 11) is 0. The highest BCUT2D eigenvalue weighted by molar-refractivity contribution is 5.20. The number of aliphatic hydroxyl groups excluding tert-OH is 1. The molecule has 0 aliphatic carbocycles. The van der Waals surface area contributed by atoms with Crippen LogP contribution in [0.2, 0.25) is 0 Å². The summed E-state index contributed by atoms with van der Waals surface area (Å²) in [5, 5.41) is 9.87. The van der Waals surface area contributed by atoms with Gasteiger partial charge in [0.1, 0.15) is 12.4 Å². The van der Waals surface area contributed by atoms with Gasteiger partial charge in [-0.15, -0.1) is 0 Å². The fourth-order valence-electron chi connectivity index (χ4n) is 2.14. The Morgan fingerprint density at radius 3 is 2.29 bits per heavy atom. The lowest BCUT2D eigenvalue weighted by atomic mass is 9.94. The fourth-order valence-corrected chi connectivity index (χ4v) is 2.14. The molecule has 0 aliphatic heterocycles. The smallest absolute Gasteiger partial charge is 0.119 e. The molecule has 17 heavy (non-hydrogen) atoms. The molecule has 0 aromatic heterocycles. The van der Waals surface area contributed by atoms with Crippen molar-refractivity contribution in [2.24, 2.45) is 11.8 Å². The molecule has 0 spiro atoms. The zero-order valence-electron chi connectivity index (χ0n) is 11.1. The van der Waals surface area contributed by atoms with Gasteiger partial charge in [0.05, 0.1) is 6.10 Å². The van der Waals surface area contributed by atoms with Crippen LogP contribution in [0.3, 0.4) is 0 Å². The van der Waals surface area contributed by atoms with Crippen LogP contribution in [0.1, 0.15) is 33.6 Å². The van der Waals surface area contributed by atoms with Crippen LogP contribution in [0, 0.1) is 11.8 Å². The van der Waals surface area contributed by atoms with E-state index in [1.807, 2.05) is 30.3 Å². The van der Waals surface area contributed by atoms with Crippen molar-refractivity contribution in [2.45, 2.75) is 39.7 Å². The molecule has 0 heterocycles. The minimum Gasteiger partial charge on any atom is -0.491 e. The predicted molar refractivity (Wildman–Crippen MR) is 71.2 cm³/mol. The lowest BCUT2D eigenvalue weighted by molar-refractivity contribution is 0.0841. The molecule has 0 amide bonds. The van der Waals surface area contributed by atoms with Crippen LogP contribution in [0.15, 0.2) is 30.3 Å². The van der Waals surface area contributed by atoms with Gasteiger partial charge in [0.15, 0.2) is 0 Å². The molecule has 2 nitrogen and oxygen atoms in total. The summed E-state index contributed by atoms with van der Waals surface area (Å²) in [6.07, 6.45) is 1.59. The maximum absolute atomic E-state index is 9.87. The van der Waals surface area contributed by atoms with Gasteiger partial charge in [0.25, 0.3) is 0 Å². The first kappa shape index (κ1) is 14.0. The third-order valence-corrected chi connectivity index (χ3v) is 2.73. The van der Waals surface area contributed by atoms with Gasteiger partial charge < -0.3 is 9.84 Å². The quantitative estimate of drug-likeness (QED) is 0.785. The van der Waals surface area contributed by atoms with E-state index in [1.165, 1.54) is 0 Å². The van der Waals surface area contributed by atoms with E-state index in [4.69, 9.17) is 4.74 Å². The van der Waals surface area contributed by atoms with Crippen molar-refractivity contribution in [3.8, 4) is 5.75 Å². The Kier molecular flexibility index (Phi) is 6.06. The molecule has 1 rings (SSSR count). The van der Waals surface area contributed by atoms with Gasteiger partial charge in [-0.1, -0.05) is 39.0 Å².